The van der Waals surface area contributed by atoms with Crippen molar-refractivity contribution in [3.05, 3.63) is 64.4 Å². The number of rotatable bonds is 5. The van der Waals surface area contributed by atoms with E-state index in [1.54, 1.807) is 23.2 Å². The van der Waals surface area contributed by atoms with Crippen LogP contribution < -0.4 is 5.73 Å². The summed E-state index contributed by atoms with van der Waals surface area (Å²) in [6, 6.07) is 11.1. The van der Waals surface area contributed by atoms with Gasteiger partial charge in [0.05, 0.1) is 5.69 Å². The van der Waals surface area contributed by atoms with E-state index in [0.717, 1.165) is 5.56 Å². The second-order valence-electron chi connectivity index (χ2n) is 5.40. The molecule has 0 atom stereocenters. The number of halogens is 2. The molecule has 0 radical (unpaired) electrons. The van der Waals surface area contributed by atoms with Crippen molar-refractivity contribution in [1.29, 1.82) is 0 Å². The lowest BCUT2D eigenvalue weighted by atomic mass is 10.1. The smallest absolute Gasteiger partial charge is 0.254 e. The van der Waals surface area contributed by atoms with Crippen LogP contribution in [0.25, 0.3) is 0 Å². The molecule has 0 bridgehead atoms. The van der Waals surface area contributed by atoms with Crippen molar-refractivity contribution in [3.63, 3.8) is 0 Å². The predicted octanol–water partition coefficient (Wildman–Crippen LogP) is 3.67. The second-order valence-corrected chi connectivity index (χ2v) is 5.83. The molecule has 1 amide bonds. The number of pyridine rings is 1. The van der Waals surface area contributed by atoms with Gasteiger partial charge in [0.25, 0.3) is 5.91 Å². The summed E-state index contributed by atoms with van der Waals surface area (Å²) in [5, 5.41) is 0.669. The number of nitrogens with zero attached hydrogens (tertiary/aromatic N) is 2. The number of carbonyl (C=O) groups excluding carboxylic acids is 1. The minimum absolute atomic E-state index is 0. The Hall–Kier alpha value is -1.62. The highest BCUT2D eigenvalue weighted by Gasteiger charge is 2.19. The van der Waals surface area contributed by atoms with Crippen molar-refractivity contribution in [2.75, 3.05) is 0 Å². The van der Waals surface area contributed by atoms with Gasteiger partial charge in [0, 0.05) is 35.9 Å². The third kappa shape index (κ3) is 5.20. The summed E-state index contributed by atoms with van der Waals surface area (Å²) >= 11 is 6.02. The zero-order chi connectivity index (χ0) is 16.1. The first kappa shape index (κ1) is 19.4. The van der Waals surface area contributed by atoms with Crippen molar-refractivity contribution < 1.29 is 4.79 Å². The molecular weight excluding hydrogens is 333 g/mol. The molecule has 0 aliphatic rings. The van der Waals surface area contributed by atoms with Gasteiger partial charge in [0.15, 0.2) is 0 Å². The van der Waals surface area contributed by atoms with Crippen molar-refractivity contribution >= 4 is 29.9 Å². The van der Waals surface area contributed by atoms with Crippen molar-refractivity contribution in [1.82, 2.24) is 9.88 Å². The third-order valence-corrected chi connectivity index (χ3v) is 3.63. The highest BCUT2D eigenvalue weighted by molar-refractivity contribution is 6.30. The van der Waals surface area contributed by atoms with Crippen LogP contribution in [-0.2, 0) is 13.1 Å². The molecule has 0 aliphatic heterocycles. The van der Waals surface area contributed by atoms with E-state index < -0.39 is 0 Å². The average Bonchev–Trinajstić information content (AvgIpc) is 2.52. The van der Waals surface area contributed by atoms with E-state index in [4.69, 9.17) is 17.3 Å². The Bertz CT molecular complexity index is 662. The van der Waals surface area contributed by atoms with Gasteiger partial charge in [-0.05, 0) is 43.7 Å². The Morgan fingerprint density at radius 1 is 1.30 bits per heavy atom. The van der Waals surface area contributed by atoms with E-state index in [1.807, 2.05) is 38.1 Å². The predicted molar refractivity (Wildman–Crippen MR) is 95.8 cm³/mol. The Balaban J connectivity index is 0.00000264. The van der Waals surface area contributed by atoms with Crippen LogP contribution in [0.15, 0.2) is 42.6 Å². The van der Waals surface area contributed by atoms with E-state index in [9.17, 15) is 4.79 Å². The Morgan fingerprint density at radius 3 is 2.65 bits per heavy atom. The molecule has 6 heteroatoms. The van der Waals surface area contributed by atoms with Crippen LogP contribution in [0, 0.1) is 0 Å². The highest BCUT2D eigenvalue weighted by atomic mass is 35.5. The standard InChI is InChI=1S/C17H20ClN3O.ClH/c1-12(2)21(11-13-4-3-5-15(18)8-13)17(22)14-6-7-20-16(9-14)10-19;/h3-9,12H,10-11,19H2,1-2H3;1H. The molecule has 124 valence electrons. The Labute approximate surface area is 148 Å². The Morgan fingerprint density at radius 2 is 2.04 bits per heavy atom. The SMILES string of the molecule is CC(C)N(Cc1cccc(Cl)c1)C(=O)c1ccnc(CN)c1.Cl. The summed E-state index contributed by atoms with van der Waals surface area (Å²) < 4.78 is 0. The van der Waals surface area contributed by atoms with E-state index in [1.165, 1.54) is 0 Å². The van der Waals surface area contributed by atoms with Gasteiger partial charge >= 0.3 is 0 Å². The number of amides is 1. The number of benzene rings is 1. The molecule has 2 aromatic rings. The van der Waals surface area contributed by atoms with Crippen LogP contribution in [0.4, 0.5) is 0 Å². The summed E-state index contributed by atoms with van der Waals surface area (Å²) in [5.74, 6) is -0.0351. The van der Waals surface area contributed by atoms with Crippen LogP contribution in [-0.4, -0.2) is 21.8 Å². The molecule has 2 N–H and O–H groups in total. The van der Waals surface area contributed by atoms with Gasteiger partial charge < -0.3 is 10.6 Å². The number of carbonyl (C=O) groups is 1. The van der Waals surface area contributed by atoms with E-state index >= 15 is 0 Å². The molecule has 4 nitrogen and oxygen atoms in total. The number of nitrogens with two attached hydrogens (primary N) is 1. The van der Waals surface area contributed by atoms with Crippen LogP contribution in [0.5, 0.6) is 0 Å². The maximum absolute atomic E-state index is 12.8. The van der Waals surface area contributed by atoms with Crippen molar-refractivity contribution in [2.45, 2.75) is 33.0 Å². The zero-order valence-electron chi connectivity index (χ0n) is 13.2. The van der Waals surface area contributed by atoms with Gasteiger partial charge in [-0.2, -0.15) is 0 Å². The summed E-state index contributed by atoms with van der Waals surface area (Å²) in [4.78, 5) is 18.7. The van der Waals surface area contributed by atoms with Crippen LogP contribution in [0.1, 0.15) is 35.5 Å². The first-order valence-electron chi connectivity index (χ1n) is 7.21. The van der Waals surface area contributed by atoms with Crippen LogP contribution in [0.2, 0.25) is 5.02 Å². The van der Waals surface area contributed by atoms with E-state index in [-0.39, 0.29) is 24.4 Å². The fourth-order valence-corrected chi connectivity index (χ4v) is 2.42. The minimum atomic E-state index is -0.0351. The molecule has 1 aromatic heterocycles. The number of hydrogen-bond acceptors (Lipinski definition) is 3. The highest BCUT2D eigenvalue weighted by Crippen LogP contribution is 2.16. The lowest BCUT2D eigenvalue weighted by molar-refractivity contribution is 0.0690. The zero-order valence-corrected chi connectivity index (χ0v) is 14.8. The molecular formula is C17H21Cl2N3O. The van der Waals surface area contributed by atoms with Gasteiger partial charge in [0.1, 0.15) is 0 Å². The quantitative estimate of drug-likeness (QED) is 0.891. The fourth-order valence-electron chi connectivity index (χ4n) is 2.21. The maximum atomic E-state index is 12.8. The molecule has 23 heavy (non-hydrogen) atoms. The molecule has 0 saturated heterocycles. The van der Waals surface area contributed by atoms with Gasteiger partial charge in [-0.25, -0.2) is 0 Å². The lowest BCUT2D eigenvalue weighted by Gasteiger charge is -2.27. The monoisotopic (exact) mass is 353 g/mol. The van der Waals surface area contributed by atoms with Gasteiger partial charge in [0.2, 0.25) is 0 Å². The molecule has 0 aliphatic carbocycles. The van der Waals surface area contributed by atoms with Crippen LogP contribution >= 0.6 is 24.0 Å². The normalized spacial score (nSPS) is 10.3. The molecule has 0 spiro atoms. The number of hydrogen-bond donors (Lipinski definition) is 1. The molecule has 0 fully saturated rings. The molecule has 1 aromatic carbocycles. The van der Waals surface area contributed by atoms with Gasteiger partial charge in [-0.15, -0.1) is 12.4 Å². The first-order chi connectivity index (χ1) is 10.5. The summed E-state index contributed by atoms with van der Waals surface area (Å²) in [5.41, 5.74) is 7.90. The molecule has 1 heterocycles. The fraction of sp³-hybridized carbons (Fsp3) is 0.294. The van der Waals surface area contributed by atoms with Gasteiger partial charge in [-0.1, -0.05) is 23.7 Å². The largest absolute Gasteiger partial charge is 0.332 e. The van der Waals surface area contributed by atoms with E-state index in [2.05, 4.69) is 4.98 Å². The van der Waals surface area contributed by atoms with Crippen LogP contribution in [0.3, 0.4) is 0 Å². The molecule has 0 unspecified atom stereocenters. The van der Waals surface area contributed by atoms with Crippen molar-refractivity contribution in [3.8, 4) is 0 Å². The Kier molecular flexibility index (Phi) is 7.49. The lowest BCUT2D eigenvalue weighted by Crippen LogP contribution is -2.36. The summed E-state index contributed by atoms with van der Waals surface area (Å²) in [6.07, 6.45) is 1.62. The maximum Gasteiger partial charge on any atom is 0.254 e. The molecule has 0 saturated carbocycles. The minimum Gasteiger partial charge on any atom is -0.332 e. The average molecular weight is 354 g/mol. The first-order valence-corrected chi connectivity index (χ1v) is 7.59. The summed E-state index contributed by atoms with van der Waals surface area (Å²) in [7, 11) is 0. The van der Waals surface area contributed by atoms with Crippen molar-refractivity contribution in [2.24, 2.45) is 5.73 Å². The third-order valence-electron chi connectivity index (χ3n) is 3.40. The van der Waals surface area contributed by atoms with E-state index in [0.29, 0.717) is 29.4 Å². The summed E-state index contributed by atoms with van der Waals surface area (Å²) in [6.45, 7) is 4.81. The second kappa shape index (κ2) is 8.87. The van der Waals surface area contributed by atoms with Gasteiger partial charge in [-0.3, -0.25) is 9.78 Å². The number of aromatic nitrogens is 1. The molecule has 2 rings (SSSR count). The topological polar surface area (TPSA) is 59.2 Å².